The number of hydrogen-bond acceptors (Lipinski definition) is 3. The zero-order chi connectivity index (χ0) is 15.1. The van der Waals surface area contributed by atoms with Crippen LogP contribution in [0.25, 0.3) is 10.9 Å². The van der Waals surface area contributed by atoms with Crippen molar-refractivity contribution in [3.8, 4) is 5.75 Å². The molecule has 0 amide bonds. The van der Waals surface area contributed by atoms with Gasteiger partial charge in [-0.3, -0.25) is 9.88 Å². The topological polar surface area (TPSA) is 36.4 Å². The molecular formula is C19H18N2O. The molecule has 2 heterocycles. The molecule has 4 rings (SSSR count). The summed E-state index contributed by atoms with van der Waals surface area (Å²) in [5.74, 6) is 0.271. The monoisotopic (exact) mass is 290 g/mol. The van der Waals surface area contributed by atoms with Gasteiger partial charge in [0.15, 0.2) is 0 Å². The van der Waals surface area contributed by atoms with E-state index in [0.717, 1.165) is 30.5 Å². The molecule has 2 aromatic carbocycles. The smallest absolute Gasteiger partial charge is 0.141 e. The van der Waals surface area contributed by atoms with Crippen molar-refractivity contribution < 1.29 is 5.11 Å². The molecule has 0 saturated carbocycles. The first kappa shape index (κ1) is 13.3. The van der Waals surface area contributed by atoms with E-state index in [-0.39, 0.29) is 5.75 Å². The molecule has 1 aliphatic heterocycles. The van der Waals surface area contributed by atoms with Crippen LogP contribution < -0.4 is 0 Å². The van der Waals surface area contributed by atoms with E-state index in [1.807, 2.05) is 6.07 Å². The number of nitrogens with zero attached hydrogens (tertiary/aromatic N) is 2. The number of aryl methyl sites for hydroxylation is 1. The maximum atomic E-state index is 9.99. The molecule has 0 atom stereocenters. The van der Waals surface area contributed by atoms with Crippen LogP contribution in [-0.4, -0.2) is 15.0 Å². The standard InChI is InChI=1S/C19H18N2O/c1-13-2-4-14(5-3-13)10-21-11-15-6-7-17(22)19-18(15)16(12-21)8-9-20-19/h2-9,22H,10-12H2,1H3. The van der Waals surface area contributed by atoms with Gasteiger partial charge in [0.2, 0.25) is 0 Å². The normalized spacial score (nSPS) is 14.4. The Balaban J connectivity index is 1.68. The second-order valence-corrected chi connectivity index (χ2v) is 6.07. The quantitative estimate of drug-likeness (QED) is 0.780. The molecule has 110 valence electrons. The summed E-state index contributed by atoms with van der Waals surface area (Å²) in [7, 11) is 0. The van der Waals surface area contributed by atoms with Gasteiger partial charge < -0.3 is 5.11 Å². The first-order valence-electron chi connectivity index (χ1n) is 7.57. The average Bonchev–Trinajstić information content (AvgIpc) is 2.53. The van der Waals surface area contributed by atoms with Gasteiger partial charge in [-0.25, -0.2) is 0 Å². The van der Waals surface area contributed by atoms with Crippen LogP contribution in [0.15, 0.2) is 48.7 Å². The number of hydrogen-bond donors (Lipinski definition) is 1. The molecular weight excluding hydrogens is 272 g/mol. The Morgan fingerprint density at radius 2 is 1.73 bits per heavy atom. The van der Waals surface area contributed by atoms with E-state index in [4.69, 9.17) is 0 Å². The van der Waals surface area contributed by atoms with Crippen molar-refractivity contribution in [3.63, 3.8) is 0 Å². The predicted octanol–water partition coefficient (Wildman–Crippen LogP) is 3.76. The van der Waals surface area contributed by atoms with Crippen molar-refractivity contribution in [2.45, 2.75) is 26.6 Å². The predicted molar refractivity (Wildman–Crippen MR) is 87.5 cm³/mol. The zero-order valence-electron chi connectivity index (χ0n) is 12.6. The van der Waals surface area contributed by atoms with E-state index < -0.39 is 0 Å². The van der Waals surface area contributed by atoms with Gasteiger partial charge >= 0.3 is 0 Å². The molecule has 1 aromatic heterocycles. The number of aromatic hydroxyl groups is 1. The molecule has 3 aromatic rings. The lowest BCUT2D eigenvalue weighted by Gasteiger charge is -2.29. The maximum Gasteiger partial charge on any atom is 0.141 e. The Bertz CT molecular complexity index is 828. The number of pyridine rings is 1. The van der Waals surface area contributed by atoms with Gasteiger partial charge in [0.25, 0.3) is 0 Å². The van der Waals surface area contributed by atoms with E-state index in [0.29, 0.717) is 0 Å². The van der Waals surface area contributed by atoms with Gasteiger partial charge in [-0.05, 0) is 35.7 Å². The van der Waals surface area contributed by atoms with Crippen LogP contribution in [-0.2, 0) is 19.6 Å². The first-order valence-corrected chi connectivity index (χ1v) is 7.57. The molecule has 0 radical (unpaired) electrons. The molecule has 0 aliphatic carbocycles. The van der Waals surface area contributed by atoms with Gasteiger partial charge in [0, 0.05) is 31.2 Å². The Kier molecular flexibility index (Phi) is 3.09. The van der Waals surface area contributed by atoms with Gasteiger partial charge in [0.05, 0.1) is 0 Å². The minimum atomic E-state index is 0.271. The summed E-state index contributed by atoms with van der Waals surface area (Å²) < 4.78 is 0. The highest BCUT2D eigenvalue weighted by atomic mass is 16.3. The molecule has 3 nitrogen and oxygen atoms in total. The van der Waals surface area contributed by atoms with Crippen LogP contribution in [0, 0.1) is 6.92 Å². The number of rotatable bonds is 2. The number of phenols is 1. The van der Waals surface area contributed by atoms with E-state index in [1.165, 1.54) is 22.3 Å². The van der Waals surface area contributed by atoms with E-state index in [2.05, 4.69) is 47.1 Å². The summed E-state index contributed by atoms with van der Waals surface area (Å²) in [6, 6.07) is 14.6. The van der Waals surface area contributed by atoms with E-state index in [9.17, 15) is 5.11 Å². The maximum absolute atomic E-state index is 9.99. The second-order valence-electron chi connectivity index (χ2n) is 6.07. The van der Waals surface area contributed by atoms with Crippen molar-refractivity contribution in [3.05, 3.63) is 70.9 Å². The van der Waals surface area contributed by atoms with Crippen molar-refractivity contribution >= 4 is 10.9 Å². The third kappa shape index (κ3) is 2.24. The highest BCUT2D eigenvalue weighted by molar-refractivity contribution is 5.90. The van der Waals surface area contributed by atoms with E-state index in [1.54, 1.807) is 12.3 Å². The lowest BCUT2D eigenvalue weighted by molar-refractivity contribution is 0.243. The molecule has 0 spiro atoms. The fourth-order valence-corrected chi connectivity index (χ4v) is 3.26. The van der Waals surface area contributed by atoms with Crippen LogP contribution in [0.3, 0.4) is 0 Å². The Hall–Kier alpha value is -2.39. The summed E-state index contributed by atoms with van der Waals surface area (Å²) in [5, 5.41) is 11.1. The minimum absolute atomic E-state index is 0.271. The number of phenolic OH excluding ortho intramolecular Hbond substituents is 1. The first-order chi connectivity index (χ1) is 10.7. The minimum Gasteiger partial charge on any atom is -0.506 e. The summed E-state index contributed by atoms with van der Waals surface area (Å²) in [6.07, 6.45) is 1.79. The zero-order valence-corrected chi connectivity index (χ0v) is 12.6. The number of benzene rings is 2. The van der Waals surface area contributed by atoms with Crippen molar-refractivity contribution in [2.75, 3.05) is 0 Å². The molecule has 1 aliphatic rings. The van der Waals surface area contributed by atoms with Crippen LogP contribution in [0.1, 0.15) is 22.3 Å². The lowest BCUT2D eigenvalue weighted by Crippen LogP contribution is -2.26. The highest BCUT2D eigenvalue weighted by Gasteiger charge is 2.20. The van der Waals surface area contributed by atoms with Crippen LogP contribution in [0.4, 0.5) is 0 Å². The Labute approximate surface area is 129 Å². The second kappa shape index (κ2) is 5.11. The van der Waals surface area contributed by atoms with Gasteiger partial charge in [-0.15, -0.1) is 0 Å². The van der Waals surface area contributed by atoms with Crippen molar-refractivity contribution in [1.29, 1.82) is 0 Å². The summed E-state index contributed by atoms with van der Waals surface area (Å²) in [5.41, 5.74) is 5.84. The van der Waals surface area contributed by atoms with Gasteiger partial charge in [0.1, 0.15) is 11.3 Å². The SMILES string of the molecule is Cc1ccc(CN2Cc3ccnc4c(O)ccc(c34)C2)cc1. The fourth-order valence-electron chi connectivity index (χ4n) is 3.26. The van der Waals surface area contributed by atoms with E-state index >= 15 is 0 Å². The van der Waals surface area contributed by atoms with Gasteiger partial charge in [-0.2, -0.15) is 0 Å². The van der Waals surface area contributed by atoms with Crippen LogP contribution in [0.5, 0.6) is 5.75 Å². The van der Waals surface area contributed by atoms with Gasteiger partial charge in [-0.1, -0.05) is 35.9 Å². The summed E-state index contributed by atoms with van der Waals surface area (Å²) >= 11 is 0. The summed E-state index contributed by atoms with van der Waals surface area (Å²) in [4.78, 5) is 6.76. The molecule has 0 fully saturated rings. The molecule has 1 N–H and O–H groups in total. The summed E-state index contributed by atoms with van der Waals surface area (Å²) in [6.45, 7) is 4.83. The molecule has 0 unspecified atom stereocenters. The lowest BCUT2D eigenvalue weighted by atomic mass is 9.97. The Morgan fingerprint density at radius 1 is 1.00 bits per heavy atom. The van der Waals surface area contributed by atoms with Crippen molar-refractivity contribution in [1.82, 2.24) is 9.88 Å². The largest absolute Gasteiger partial charge is 0.506 e. The molecule has 22 heavy (non-hydrogen) atoms. The number of aromatic nitrogens is 1. The van der Waals surface area contributed by atoms with Crippen LogP contribution in [0.2, 0.25) is 0 Å². The van der Waals surface area contributed by atoms with Crippen LogP contribution >= 0.6 is 0 Å². The third-order valence-corrected chi connectivity index (χ3v) is 4.36. The molecule has 3 heteroatoms. The fraction of sp³-hybridized carbons (Fsp3) is 0.211. The average molecular weight is 290 g/mol. The molecule has 0 bridgehead atoms. The third-order valence-electron chi connectivity index (χ3n) is 4.36. The Morgan fingerprint density at radius 3 is 2.50 bits per heavy atom. The molecule has 0 saturated heterocycles. The van der Waals surface area contributed by atoms with Crippen molar-refractivity contribution in [2.24, 2.45) is 0 Å². The highest BCUT2D eigenvalue weighted by Crippen LogP contribution is 2.33.